The van der Waals surface area contributed by atoms with Crippen LogP contribution in [-0.4, -0.2) is 22.8 Å². The van der Waals surface area contributed by atoms with Crippen LogP contribution >= 0.6 is 0 Å². The van der Waals surface area contributed by atoms with Crippen molar-refractivity contribution < 1.29 is 20.2 Å². The van der Waals surface area contributed by atoms with Crippen LogP contribution in [0.3, 0.4) is 0 Å². The van der Waals surface area contributed by atoms with Crippen molar-refractivity contribution in [2.24, 2.45) is 11.7 Å². The number of carboxylic acids is 1. The van der Waals surface area contributed by atoms with Gasteiger partial charge in [0.25, 0.3) is 0 Å². The maximum absolute atomic E-state index is 9.00. The highest BCUT2D eigenvalue weighted by atomic mass is 16.4. The number of aldehydes is 1. The van der Waals surface area contributed by atoms with E-state index in [-0.39, 0.29) is 11.8 Å². The summed E-state index contributed by atoms with van der Waals surface area (Å²) >= 11 is 0. The van der Waals surface area contributed by atoms with Gasteiger partial charge < -0.3 is 10.6 Å². The molecule has 0 rings (SSSR count). The summed E-state index contributed by atoms with van der Waals surface area (Å²) in [5, 5.41) is 7.35. The van der Waals surface area contributed by atoms with Gasteiger partial charge in [0, 0.05) is 0 Å². The highest BCUT2D eigenvalue weighted by Crippen LogP contribution is 1.39. The summed E-state index contributed by atoms with van der Waals surface area (Å²) in [5.41, 5.74) is 0. The maximum atomic E-state index is 9.00. The fourth-order valence-corrected chi connectivity index (χ4v) is 0. The minimum Gasteiger partial charge on any atom is -0.476 e. The maximum Gasteiger partial charge on any atom is 0.368 e. The molecular weight excluding hydrogens is 116 g/mol. The summed E-state index contributed by atoms with van der Waals surface area (Å²) in [7, 11) is 0. The molecule has 0 fully saturated rings. The molecule has 8 heavy (non-hydrogen) atoms. The van der Waals surface area contributed by atoms with Gasteiger partial charge >= 0.3 is 5.97 Å². The topological polar surface area (TPSA) is 138 Å². The standard InChI is InChI=1S/C2H2O3.H4N2.H2O/c3-1-2(4)5;1-2;/h1H,(H,4,5);1-2H2;1H2. The molecule has 0 aliphatic carbocycles. The first-order chi connectivity index (χ1) is 3.27. The molecule has 0 aromatic heterocycles. The normalized spacial score (nSPS) is 4.75. The molecule has 7 N–H and O–H groups in total. The van der Waals surface area contributed by atoms with E-state index in [4.69, 9.17) is 14.7 Å². The molecule has 6 heteroatoms. The molecule has 0 aromatic rings. The lowest BCUT2D eigenvalue weighted by Gasteiger charge is -1.59. The quantitative estimate of drug-likeness (QED) is 0.151. The average Bonchev–Trinajstić information content (AvgIpc) is 1.73. The molecular formula is C2H8N2O4. The smallest absolute Gasteiger partial charge is 0.368 e. The Morgan fingerprint density at radius 2 is 1.62 bits per heavy atom. The molecule has 0 saturated heterocycles. The van der Waals surface area contributed by atoms with Crippen LogP contribution in [0.15, 0.2) is 0 Å². The van der Waals surface area contributed by atoms with E-state index in [1.807, 2.05) is 0 Å². The average molecular weight is 124 g/mol. The fraction of sp³-hybridized carbons (Fsp3) is 0. The third-order valence-electron chi connectivity index (χ3n) is 0.101. The van der Waals surface area contributed by atoms with Gasteiger partial charge in [0.15, 0.2) is 0 Å². The van der Waals surface area contributed by atoms with Crippen LogP contribution in [0, 0.1) is 0 Å². The van der Waals surface area contributed by atoms with E-state index >= 15 is 0 Å². The second-order valence-corrected chi connectivity index (χ2v) is 0.456. The summed E-state index contributed by atoms with van der Waals surface area (Å²) in [6, 6.07) is 0. The monoisotopic (exact) mass is 124 g/mol. The summed E-state index contributed by atoms with van der Waals surface area (Å²) in [6.07, 6.45) is -0.167. The molecule has 0 atom stereocenters. The number of hydrogen-bond donors (Lipinski definition) is 3. The van der Waals surface area contributed by atoms with Gasteiger partial charge in [-0.3, -0.25) is 16.5 Å². The molecule has 0 bridgehead atoms. The highest BCUT2D eigenvalue weighted by molar-refractivity contribution is 6.19. The Morgan fingerprint density at radius 3 is 1.62 bits per heavy atom. The number of carboxylic acid groups (broad SMARTS) is 1. The number of carbonyl (C=O) groups excluding carboxylic acids is 1. The predicted molar refractivity (Wildman–Crippen MR) is 25.7 cm³/mol. The second kappa shape index (κ2) is 16.6. The minimum absolute atomic E-state index is 0. The predicted octanol–water partition coefficient (Wildman–Crippen LogP) is -2.74. The van der Waals surface area contributed by atoms with Crippen molar-refractivity contribution in [2.45, 2.75) is 0 Å². The van der Waals surface area contributed by atoms with E-state index < -0.39 is 5.97 Å². The Balaban J connectivity index is -0.0000000750. The molecule has 0 radical (unpaired) electrons. The van der Waals surface area contributed by atoms with E-state index in [0.29, 0.717) is 0 Å². The Morgan fingerprint density at radius 1 is 1.50 bits per heavy atom. The summed E-state index contributed by atoms with van der Waals surface area (Å²) in [6.45, 7) is 0. The van der Waals surface area contributed by atoms with Gasteiger partial charge in [-0.15, -0.1) is 0 Å². The van der Waals surface area contributed by atoms with Gasteiger partial charge in [-0.1, -0.05) is 0 Å². The molecule has 0 saturated carbocycles. The Bertz CT molecular complexity index is 63.1. The zero-order valence-corrected chi connectivity index (χ0v) is 4.00. The van der Waals surface area contributed by atoms with Crippen molar-refractivity contribution >= 4 is 12.3 Å². The van der Waals surface area contributed by atoms with E-state index in [1.54, 1.807) is 0 Å². The number of hydrogen-bond acceptors (Lipinski definition) is 4. The van der Waals surface area contributed by atoms with Crippen molar-refractivity contribution in [2.75, 3.05) is 0 Å². The van der Waals surface area contributed by atoms with Gasteiger partial charge in [-0.25, -0.2) is 4.79 Å². The first kappa shape index (κ1) is 15.7. The van der Waals surface area contributed by atoms with E-state index in [1.165, 1.54) is 0 Å². The molecule has 0 aliphatic heterocycles. The van der Waals surface area contributed by atoms with E-state index in [9.17, 15) is 0 Å². The van der Waals surface area contributed by atoms with E-state index in [2.05, 4.69) is 11.7 Å². The highest BCUT2D eigenvalue weighted by Gasteiger charge is 1.80. The van der Waals surface area contributed by atoms with E-state index in [0.717, 1.165) is 0 Å². The minimum atomic E-state index is -1.43. The number of carbonyl (C=O) groups is 2. The largest absolute Gasteiger partial charge is 0.476 e. The Hall–Kier alpha value is -0.980. The van der Waals surface area contributed by atoms with Gasteiger partial charge in [-0.2, -0.15) is 0 Å². The van der Waals surface area contributed by atoms with Gasteiger partial charge in [0.2, 0.25) is 6.29 Å². The molecule has 0 spiro atoms. The molecule has 0 aliphatic rings. The molecule has 0 heterocycles. The van der Waals surface area contributed by atoms with Crippen LogP contribution in [0.5, 0.6) is 0 Å². The first-order valence-corrected chi connectivity index (χ1v) is 1.29. The third-order valence-corrected chi connectivity index (χ3v) is 0.101. The van der Waals surface area contributed by atoms with Crippen LogP contribution in [-0.2, 0) is 9.59 Å². The third kappa shape index (κ3) is 78.0. The zero-order chi connectivity index (χ0) is 6.28. The summed E-state index contributed by atoms with van der Waals surface area (Å²) in [4.78, 5) is 17.9. The number of hydrazine groups is 1. The Labute approximate surface area is 45.4 Å². The molecule has 50 valence electrons. The SMILES string of the molecule is NN.O.O=CC(=O)O. The first-order valence-electron chi connectivity index (χ1n) is 1.29. The summed E-state index contributed by atoms with van der Waals surface area (Å²) in [5.74, 6) is 6.57. The zero-order valence-electron chi connectivity index (χ0n) is 4.00. The molecule has 0 aromatic carbocycles. The lowest BCUT2D eigenvalue weighted by Crippen LogP contribution is -2.02. The second-order valence-electron chi connectivity index (χ2n) is 0.456. The van der Waals surface area contributed by atoms with Crippen molar-refractivity contribution in [3.63, 3.8) is 0 Å². The van der Waals surface area contributed by atoms with Gasteiger partial charge in [0.05, 0.1) is 0 Å². The summed E-state index contributed by atoms with van der Waals surface area (Å²) < 4.78 is 0. The fourth-order valence-electron chi connectivity index (χ4n) is 0. The van der Waals surface area contributed by atoms with Crippen molar-refractivity contribution in [3.05, 3.63) is 0 Å². The molecule has 0 unspecified atom stereocenters. The van der Waals surface area contributed by atoms with Crippen molar-refractivity contribution in [1.82, 2.24) is 0 Å². The van der Waals surface area contributed by atoms with Crippen molar-refractivity contribution in [1.29, 1.82) is 0 Å². The van der Waals surface area contributed by atoms with Gasteiger partial charge in [0.1, 0.15) is 0 Å². The number of nitrogens with two attached hydrogens (primary N) is 2. The van der Waals surface area contributed by atoms with Crippen LogP contribution in [0.25, 0.3) is 0 Å². The molecule has 6 nitrogen and oxygen atoms in total. The molecule has 0 amide bonds. The van der Waals surface area contributed by atoms with Crippen LogP contribution in [0.4, 0.5) is 0 Å². The van der Waals surface area contributed by atoms with Crippen LogP contribution < -0.4 is 11.7 Å². The van der Waals surface area contributed by atoms with Crippen LogP contribution in [0.1, 0.15) is 0 Å². The van der Waals surface area contributed by atoms with Crippen LogP contribution in [0.2, 0.25) is 0 Å². The Kier molecular flexibility index (Phi) is 32.7. The lowest BCUT2D eigenvalue weighted by atomic mass is 10.8. The number of aliphatic carboxylic acids is 1. The van der Waals surface area contributed by atoms with Gasteiger partial charge in [-0.05, 0) is 0 Å². The van der Waals surface area contributed by atoms with Crippen molar-refractivity contribution in [3.8, 4) is 0 Å². The number of rotatable bonds is 1. The lowest BCUT2D eigenvalue weighted by molar-refractivity contribution is -0.143.